The zero-order valence-electron chi connectivity index (χ0n) is 31.0. The van der Waals surface area contributed by atoms with Gasteiger partial charge in [-0.2, -0.15) is 0 Å². The van der Waals surface area contributed by atoms with Gasteiger partial charge in [-0.15, -0.1) is 0 Å². The molecule has 4 aromatic carbocycles. The number of aromatic nitrogens is 2. The van der Waals surface area contributed by atoms with E-state index in [4.69, 9.17) is 9.47 Å². The fraction of sp³-hybridized carbons (Fsp3) is 0.250. The van der Waals surface area contributed by atoms with Crippen molar-refractivity contribution in [3.05, 3.63) is 120 Å². The average Bonchev–Trinajstić information content (AvgIpc) is 3.62. The van der Waals surface area contributed by atoms with E-state index in [0.717, 1.165) is 29.0 Å². The van der Waals surface area contributed by atoms with Crippen LogP contribution in [0.3, 0.4) is 0 Å². The standard InChI is InChI=1S/C20H19BrFNO2.C13H15BBrNO4.C7H6FI/c1-12-9-13(5-7-16(12)22)18-11-14-10-15(21)6-8-17(14)23(18)19(24)25-20(2,3)4;1-13(2,3)20-12(17)16-10-5-4-9(15)6-8(10)7-11(16)14(18)19;1-5-4-6(9)2-3-7(5)8/h5-11H,1-4H3;4-7,18-19H,1-3H3;2-4H,1H3. The van der Waals surface area contributed by atoms with E-state index in [0.29, 0.717) is 27.7 Å². The van der Waals surface area contributed by atoms with Gasteiger partial charge in [0.25, 0.3) is 0 Å². The molecule has 0 aliphatic heterocycles. The Hall–Kier alpha value is -3.57. The van der Waals surface area contributed by atoms with Crippen LogP contribution >= 0.6 is 54.5 Å². The molecular formula is C40H40BBr2F2IN2O6. The first-order valence-corrected chi connectivity index (χ1v) is 19.3. The molecule has 0 fully saturated rings. The van der Waals surface area contributed by atoms with Gasteiger partial charge in [0.1, 0.15) is 22.8 Å². The molecule has 0 aliphatic carbocycles. The number of ether oxygens (including phenoxy) is 2. The van der Waals surface area contributed by atoms with Crippen molar-refractivity contribution in [2.45, 2.75) is 66.6 Å². The van der Waals surface area contributed by atoms with Gasteiger partial charge in [0.2, 0.25) is 0 Å². The maximum Gasteiger partial charge on any atom is 0.506 e. The second-order valence-electron chi connectivity index (χ2n) is 14.4. The summed E-state index contributed by atoms with van der Waals surface area (Å²) in [6.07, 6.45) is -1.10. The normalized spacial score (nSPS) is 11.4. The molecule has 2 heterocycles. The molecule has 0 saturated heterocycles. The van der Waals surface area contributed by atoms with Crippen molar-refractivity contribution in [1.82, 2.24) is 9.13 Å². The van der Waals surface area contributed by atoms with Crippen LogP contribution in [0.25, 0.3) is 33.1 Å². The third kappa shape index (κ3) is 11.2. The van der Waals surface area contributed by atoms with E-state index < -0.39 is 30.5 Å². The van der Waals surface area contributed by atoms with Crippen LogP contribution in [0.4, 0.5) is 18.4 Å². The van der Waals surface area contributed by atoms with Crippen LogP contribution in [-0.4, -0.2) is 49.7 Å². The molecule has 0 amide bonds. The highest BCUT2D eigenvalue weighted by Crippen LogP contribution is 2.32. The van der Waals surface area contributed by atoms with Gasteiger partial charge in [0.15, 0.2) is 0 Å². The highest BCUT2D eigenvalue weighted by atomic mass is 127. The number of halogens is 5. The zero-order valence-corrected chi connectivity index (χ0v) is 36.3. The predicted octanol–water partition coefficient (Wildman–Crippen LogP) is 10.9. The summed E-state index contributed by atoms with van der Waals surface area (Å²) in [7, 11) is -1.76. The van der Waals surface area contributed by atoms with Gasteiger partial charge in [0, 0.05) is 23.3 Å². The van der Waals surface area contributed by atoms with Gasteiger partial charge in [-0.1, -0.05) is 31.9 Å². The first-order valence-electron chi connectivity index (χ1n) is 16.7. The van der Waals surface area contributed by atoms with Crippen LogP contribution < -0.4 is 5.59 Å². The molecule has 0 bridgehead atoms. The van der Waals surface area contributed by atoms with Gasteiger partial charge < -0.3 is 19.5 Å². The summed E-state index contributed by atoms with van der Waals surface area (Å²) in [6, 6.07) is 24.3. The Bertz CT molecular complexity index is 2330. The molecule has 8 nitrogen and oxygen atoms in total. The van der Waals surface area contributed by atoms with Crippen molar-refractivity contribution in [3.8, 4) is 11.3 Å². The molecule has 54 heavy (non-hydrogen) atoms. The Morgan fingerprint density at radius 1 is 0.667 bits per heavy atom. The molecule has 6 aromatic rings. The quantitative estimate of drug-likeness (QED) is 0.132. The minimum atomic E-state index is -1.76. The third-order valence-corrected chi connectivity index (χ3v) is 9.20. The van der Waals surface area contributed by atoms with Gasteiger partial charge in [-0.3, -0.25) is 4.57 Å². The Balaban J connectivity index is 0.000000199. The van der Waals surface area contributed by atoms with E-state index in [9.17, 15) is 28.4 Å². The fourth-order valence-electron chi connectivity index (χ4n) is 5.22. The predicted molar refractivity (Wildman–Crippen MR) is 226 cm³/mol. The lowest BCUT2D eigenvalue weighted by atomic mass is 9.86. The maximum atomic E-state index is 13.6. The zero-order chi connectivity index (χ0) is 40.3. The molecule has 2 N–H and O–H groups in total. The molecule has 0 spiro atoms. The van der Waals surface area contributed by atoms with Crippen molar-refractivity contribution >= 4 is 101 Å². The van der Waals surface area contributed by atoms with E-state index >= 15 is 0 Å². The topological polar surface area (TPSA) is 103 Å². The summed E-state index contributed by atoms with van der Waals surface area (Å²) >= 11 is 8.95. The van der Waals surface area contributed by atoms with E-state index in [1.165, 1.54) is 16.7 Å². The van der Waals surface area contributed by atoms with Crippen LogP contribution in [0.5, 0.6) is 0 Å². The largest absolute Gasteiger partial charge is 0.506 e. The molecule has 0 atom stereocenters. The lowest BCUT2D eigenvalue weighted by Crippen LogP contribution is -2.40. The second kappa shape index (κ2) is 17.5. The van der Waals surface area contributed by atoms with E-state index in [1.54, 1.807) is 81.7 Å². The van der Waals surface area contributed by atoms with Gasteiger partial charge in [-0.25, -0.2) is 22.9 Å². The Kier molecular flexibility index (Phi) is 14.0. The monoisotopic (exact) mass is 978 g/mol. The summed E-state index contributed by atoms with van der Waals surface area (Å²) in [6.45, 7) is 14.2. The number of hydrogen-bond donors (Lipinski definition) is 2. The molecule has 0 radical (unpaired) electrons. The summed E-state index contributed by atoms with van der Waals surface area (Å²) in [5, 5.41) is 20.5. The van der Waals surface area contributed by atoms with Crippen molar-refractivity contribution < 1.29 is 37.9 Å². The molecule has 2 aromatic heterocycles. The minimum absolute atomic E-state index is 0.0763. The number of rotatable bonds is 2. The smallest absolute Gasteiger partial charge is 0.443 e. The summed E-state index contributed by atoms with van der Waals surface area (Å²) in [4.78, 5) is 25.1. The number of fused-ring (bicyclic) bond motifs is 2. The highest BCUT2D eigenvalue weighted by molar-refractivity contribution is 14.1. The van der Waals surface area contributed by atoms with E-state index in [1.807, 2.05) is 51.1 Å². The summed E-state index contributed by atoms with van der Waals surface area (Å²) in [5.74, 6) is -0.401. The van der Waals surface area contributed by atoms with E-state index in [2.05, 4.69) is 54.5 Å². The van der Waals surface area contributed by atoms with Crippen LogP contribution in [0.2, 0.25) is 0 Å². The first kappa shape index (κ1) is 43.2. The van der Waals surface area contributed by atoms with Crippen molar-refractivity contribution in [2.75, 3.05) is 0 Å². The molecule has 6 rings (SSSR count). The maximum absolute atomic E-state index is 13.6. The molecular weight excluding hydrogens is 940 g/mol. The number of aryl methyl sites for hydroxylation is 2. The molecule has 14 heteroatoms. The van der Waals surface area contributed by atoms with Crippen molar-refractivity contribution in [2.24, 2.45) is 0 Å². The third-order valence-electron chi connectivity index (χ3n) is 7.55. The first-order chi connectivity index (χ1) is 25.0. The number of carbonyl (C=O) groups excluding carboxylic acids is 2. The van der Waals surface area contributed by atoms with Gasteiger partial charge in [-0.05, 0) is 180 Å². The Morgan fingerprint density at radius 3 is 1.59 bits per heavy atom. The second-order valence-corrected chi connectivity index (χ2v) is 17.4. The SMILES string of the molecule is CC(C)(C)OC(=O)n1c(B(O)O)cc2cc(Br)ccc21.Cc1cc(-c2cc3cc(Br)ccc3n2C(=O)OC(C)(C)C)ccc1F.Cc1cc(I)ccc1F. The van der Waals surface area contributed by atoms with E-state index in [-0.39, 0.29) is 17.2 Å². The number of benzene rings is 4. The molecule has 0 unspecified atom stereocenters. The minimum Gasteiger partial charge on any atom is -0.443 e. The van der Waals surface area contributed by atoms with Crippen molar-refractivity contribution in [1.29, 1.82) is 0 Å². The van der Waals surface area contributed by atoms with Crippen molar-refractivity contribution in [3.63, 3.8) is 0 Å². The number of carbonyl (C=O) groups is 2. The average molecular weight is 980 g/mol. The lowest BCUT2D eigenvalue weighted by molar-refractivity contribution is 0.0536. The highest BCUT2D eigenvalue weighted by Gasteiger charge is 2.27. The van der Waals surface area contributed by atoms with Crippen LogP contribution in [0, 0.1) is 29.1 Å². The summed E-state index contributed by atoms with van der Waals surface area (Å²) < 4.78 is 42.6. The van der Waals surface area contributed by atoms with Gasteiger partial charge >= 0.3 is 19.3 Å². The van der Waals surface area contributed by atoms with Crippen LogP contribution in [-0.2, 0) is 9.47 Å². The molecule has 0 aliphatic rings. The summed E-state index contributed by atoms with van der Waals surface area (Å²) in [5.41, 5.74) is 2.77. The van der Waals surface area contributed by atoms with Crippen LogP contribution in [0.1, 0.15) is 52.7 Å². The van der Waals surface area contributed by atoms with Gasteiger partial charge in [0.05, 0.1) is 22.3 Å². The molecule has 284 valence electrons. The van der Waals surface area contributed by atoms with Crippen LogP contribution in [0.15, 0.2) is 93.9 Å². The Morgan fingerprint density at radius 2 is 1.13 bits per heavy atom. The fourth-order valence-corrected chi connectivity index (χ4v) is 6.63. The number of hydrogen-bond acceptors (Lipinski definition) is 6. The number of nitrogens with zero attached hydrogens (tertiary/aromatic N) is 2. The lowest BCUT2D eigenvalue weighted by Gasteiger charge is -2.21. The Labute approximate surface area is 344 Å². The molecule has 0 saturated carbocycles.